The number of aromatic nitrogens is 1. The van der Waals surface area contributed by atoms with E-state index >= 15 is 0 Å². The maximum absolute atomic E-state index is 12.6. The maximum Gasteiger partial charge on any atom is 0.261 e. The fourth-order valence-electron chi connectivity index (χ4n) is 2.57. The van der Waals surface area contributed by atoms with Gasteiger partial charge in [-0.3, -0.25) is 9.52 Å². The molecule has 140 valence electrons. The fourth-order valence-corrected chi connectivity index (χ4v) is 3.65. The molecule has 0 unspecified atom stereocenters. The van der Waals surface area contributed by atoms with Gasteiger partial charge >= 0.3 is 0 Å². The Kier molecular flexibility index (Phi) is 4.87. The zero-order valence-electron chi connectivity index (χ0n) is 14.2. The van der Waals surface area contributed by atoms with Gasteiger partial charge in [-0.2, -0.15) is 0 Å². The van der Waals surface area contributed by atoms with E-state index < -0.39 is 21.6 Å². The van der Waals surface area contributed by atoms with Crippen molar-refractivity contribution in [1.29, 1.82) is 0 Å². The van der Waals surface area contributed by atoms with Crippen LogP contribution in [0.4, 0.5) is 5.69 Å². The molecule has 2 N–H and O–H groups in total. The molecule has 1 heterocycles. The number of benzene rings is 2. The molecule has 0 aliphatic carbocycles. The van der Waals surface area contributed by atoms with Crippen LogP contribution >= 0.6 is 0 Å². The number of hydrogen-bond donors (Lipinski definition) is 2. The lowest BCUT2D eigenvalue weighted by molar-refractivity contribution is -0.254. The number of ether oxygens (including phenoxy) is 1. The van der Waals surface area contributed by atoms with E-state index in [4.69, 9.17) is 4.74 Å². The molecule has 0 spiro atoms. The Morgan fingerprint density at radius 1 is 1.15 bits per heavy atom. The van der Waals surface area contributed by atoms with Gasteiger partial charge < -0.3 is 19.6 Å². The summed E-state index contributed by atoms with van der Waals surface area (Å²) in [6.45, 7) is 2.33. The number of carbonyl (C=O) groups is 1. The van der Waals surface area contributed by atoms with E-state index in [0.29, 0.717) is 18.0 Å². The van der Waals surface area contributed by atoms with Crippen molar-refractivity contribution in [2.75, 3.05) is 11.3 Å². The number of hydrogen-bond acceptors (Lipinski definition) is 6. The van der Waals surface area contributed by atoms with E-state index in [1.54, 1.807) is 24.3 Å². The van der Waals surface area contributed by atoms with Crippen LogP contribution in [0.15, 0.2) is 58.2 Å². The zero-order chi connectivity index (χ0) is 19.6. The van der Waals surface area contributed by atoms with Crippen LogP contribution in [0.25, 0.3) is 10.9 Å². The standard InChI is InChI=1S/C18H16N2O6S/c1-2-26-12-5-3-11(4-6-12)20-27(24,25)13-7-8-16-14(9-13)15(18(22)23)10-17(21)19-16/h3-10,20H,2H2,1H3,(H,19,21)(H,22,23)/p-1. The second-order valence-electron chi connectivity index (χ2n) is 5.61. The first kappa shape index (κ1) is 18.5. The van der Waals surface area contributed by atoms with E-state index in [-0.39, 0.29) is 21.4 Å². The summed E-state index contributed by atoms with van der Waals surface area (Å²) in [4.78, 5) is 25.1. The Morgan fingerprint density at radius 2 is 1.85 bits per heavy atom. The highest BCUT2D eigenvalue weighted by Gasteiger charge is 2.16. The Balaban J connectivity index is 2.00. The van der Waals surface area contributed by atoms with Crippen LogP contribution < -0.4 is 20.1 Å². The molecular formula is C18H15N2O6S-. The summed E-state index contributed by atoms with van der Waals surface area (Å²) < 4.78 is 33.0. The average molecular weight is 387 g/mol. The quantitative estimate of drug-likeness (QED) is 0.651. The van der Waals surface area contributed by atoms with Gasteiger partial charge in [-0.15, -0.1) is 0 Å². The van der Waals surface area contributed by atoms with Crippen LogP contribution in [-0.4, -0.2) is 26.0 Å². The number of carbonyl (C=O) groups excluding carboxylic acids is 1. The zero-order valence-corrected chi connectivity index (χ0v) is 15.0. The first-order valence-electron chi connectivity index (χ1n) is 7.94. The highest BCUT2D eigenvalue weighted by molar-refractivity contribution is 7.92. The minimum absolute atomic E-state index is 0.0594. The normalized spacial score (nSPS) is 11.3. The first-order chi connectivity index (χ1) is 12.8. The molecule has 9 heteroatoms. The van der Waals surface area contributed by atoms with Crippen molar-refractivity contribution in [1.82, 2.24) is 4.98 Å². The van der Waals surface area contributed by atoms with Crippen LogP contribution in [0.5, 0.6) is 5.75 Å². The van der Waals surface area contributed by atoms with E-state index in [1.807, 2.05) is 6.92 Å². The summed E-state index contributed by atoms with van der Waals surface area (Å²) in [5.41, 5.74) is -0.487. The van der Waals surface area contributed by atoms with E-state index in [2.05, 4.69) is 9.71 Å². The number of sulfonamides is 1. The molecule has 0 saturated heterocycles. The lowest BCUT2D eigenvalue weighted by Gasteiger charge is -2.11. The summed E-state index contributed by atoms with van der Waals surface area (Å²) in [5, 5.41) is 11.3. The van der Waals surface area contributed by atoms with E-state index in [9.17, 15) is 23.1 Å². The van der Waals surface area contributed by atoms with Crippen molar-refractivity contribution in [2.45, 2.75) is 11.8 Å². The summed E-state index contributed by atoms with van der Waals surface area (Å²) in [6, 6.07) is 11.0. The minimum atomic E-state index is -3.98. The molecule has 1 aromatic heterocycles. The minimum Gasteiger partial charge on any atom is -0.545 e. The van der Waals surface area contributed by atoms with Gasteiger partial charge in [0.15, 0.2) is 0 Å². The van der Waals surface area contributed by atoms with Crippen LogP contribution in [0.1, 0.15) is 17.3 Å². The van der Waals surface area contributed by atoms with Gasteiger partial charge in [-0.05, 0) is 49.4 Å². The lowest BCUT2D eigenvalue weighted by atomic mass is 10.1. The maximum atomic E-state index is 12.6. The number of pyridine rings is 1. The van der Waals surface area contributed by atoms with Crippen molar-refractivity contribution in [3.8, 4) is 5.75 Å². The predicted molar refractivity (Wildman–Crippen MR) is 97.3 cm³/mol. The average Bonchev–Trinajstić information content (AvgIpc) is 2.62. The highest BCUT2D eigenvalue weighted by Crippen LogP contribution is 2.23. The van der Waals surface area contributed by atoms with Crippen molar-refractivity contribution in [3.63, 3.8) is 0 Å². The Labute approximate surface area is 154 Å². The van der Waals surface area contributed by atoms with Crippen LogP contribution in [0.3, 0.4) is 0 Å². The summed E-state index contributed by atoms with van der Waals surface area (Å²) in [6.07, 6.45) is 0. The molecule has 0 fully saturated rings. The molecule has 0 radical (unpaired) electrons. The largest absolute Gasteiger partial charge is 0.545 e. The van der Waals surface area contributed by atoms with Gasteiger partial charge in [0.25, 0.3) is 10.0 Å². The third-order valence-corrected chi connectivity index (χ3v) is 5.14. The van der Waals surface area contributed by atoms with Gasteiger partial charge in [0.1, 0.15) is 5.75 Å². The fraction of sp³-hybridized carbons (Fsp3) is 0.111. The summed E-state index contributed by atoms with van der Waals surface area (Å²) in [5.74, 6) is -0.964. The summed E-state index contributed by atoms with van der Waals surface area (Å²) in [7, 11) is -3.98. The molecule has 0 amide bonds. The molecule has 0 atom stereocenters. The molecule has 0 bridgehead atoms. The molecule has 3 rings (SSSR count). The van der Waals surface area contributed by atoms with Crippen LogP contribution in [0, 0.1) is 0 Å². The van der Waals surface area contributed by atoms with Gasteiger partial charge in [-0.25, -0.2) is 8.42 Å². The van der Waals surface area contributed by atoms with Gasteiger partial charge in [0, 0.05) is 28.2 Å². The van der Waals surface area contributed by atoms with Crippen molar-refractivity contribution in [3.05, 3.63) is 64.4 Å². The monoisotopic (exact) mass is 387 g/mol. The molecule has 3 aromatic rings. The molecule has 0 aliphatic heterocycles. The van der Waals surface area contributed by atoms with E-state index in [1.165, 1.54) is 18.2 Å². The molecule has 2 aromatic carbocycles. The SMILES string of the molecule is CCOc1ccc(NS(=O)(=O)c2ccc3[nH]c(=O)cc(C(=O)[O-])c3c2)cc1. The van der Waals surface area contributed by atoms with Crippen LogP contribution in [0.2, 0.25) is 0 Å². The number of anilines is 1. The summed E-state index contributed by atoms with van der Waals surface area (Å²) >= 11 is 0. The Bertz CT molecular complexity index is 1170. The highest BCUT2D eigenvalue weighted by atomic mass is 32.2. The van der Waals surface area contributed by atoms with Crippen molar-refractivity contribution in [2.24, 2.45) is 0 Å². The molecule has 27 heavy (non-hydrogen) atoms. The number of carboxylic acids is 1. The molecule has 8 nitrogen and oxygen atoms in total. The Morgan fingerprint density at radius 3 is 2.48 bits per heavy atom. The topological polar surface area (TPSA) is 128 Å². The second-order valence-corrected chi connectivity index (χ2v) is 7.29. The van der Waals surface area contributed by atoms with Gasteiger partial charge in [0.2, 0.25) is 5.56 Å². The third-order valence-electron chi connectivity index (χ3n) is 3.76. The van der Waals surface area contributed by atoms with Crippen molar-refractivity contribution >= 4 is 32.6 Å². The second kappa shape index (κ2) is 7.12. The number of carboxylic acid groups (broad SMARTS) is 1. The van der Waals surface area contributed by atoms with Crippen LogP contribution in [-0.2, 0) is 10.0 Å². The Hall–Kier alpha value is -3.33. The molecular weight excluding hydrogens is 372 g/mol. The van der Waals surface area contributed by atoms with Gasteiger partial charge in [-0.1, -0.05) is 0 Å². The number of H-pyrrole nitrogens is 1. The molecule has 0 saturated carbocycles. The predicted octanol–water partition coefficient (Wildman–Crippen LogP) is 1.09. The van der Waals surface area contributed by atoms with Gasteiger partial charge in [0.05, 0.1) is 17.5 Å². The third kappa shape index (κ3) is 3.93. The van der Waals surface area contributed by atoms with E-state index in [0.717, 1.165) is 6.07 Å². The smallest absolute Gasteiger partial charge is 0.261 e. The number of aromatic carboxylic acids is 1. The van der Waals surface area contributed by atoms with Crippen molar-refractivity contribution < 1.29 is 23.1 Å². The number of rotatable bonds is 6. The number of aromatic amines is 1. The number of nitrogens with one attached hydrogen (secondary N) is 2. The lowest BCUT2D eigenvalue weighted by Crippen LogP contribution is -2.25. The molecule has 0 aliphatic rings. The first-order valence-corrected chi connectivity index (χ1v) is 9.42. The number of fused-ring (bicyclic) bond motifs is 1.